The van der Waals surface area contributed by atoms with Crippen molar-refractivity contribution < 1.29 is 4.74 Å². The van der Waals surface area contributed by atoms with Gasteiger partial charge >= 0.3 is 0 Å². The van der Waals surface area contributed by atoms with Crippen LogP contribution in [0.5, 0.6) is 0 Å². The number of fused-ring (bicyclic) bond motifs is 1. The zero-order valence-electron chi connectivity index (χ0n) is 8.31. The maximum atomic E-state index is 5.72. The van der Waals surface area contributed by atoms with Gasteiger partial charge in [-0.3, -0.25) is 0 Å². The Morgan fingerprint density at radius 2 is 2.38 bits per heavy atom. The van der Waals surface area contributed by atoms with Crippen LogP contribution in [0.1, 0.15) is 29.9 Å². The zero-order chi connectivity index (χ0) is 9.47. The van der Waals surface area contributed by atoms with E-state index in [-0.39, 0.29) is 5.60 Å². The number of rotatable bonds is 2. The van der Waals surface area contributed by atoms with Gasteiger partial charge in [0.25, 0.3) is 0 Å². The van der Waals surface area contributed by atoms with Crippen molar-refractivity contribution in [1.29, 1.82) is 0 Å². The maximum Gasteiger partial charge on any atom is 0.0894 e. The van der Waals surface area contributed by atoms with E-state index >= 15 is 0 Å². The zero-order valence-corrected chi connectivity index (χ0v) is 9.12. The van der Waals surface area contributed by atoms with Gasteiger partial charge in [-0.1, -0.05) is 0 Å². The maximum absolute atomic E-state index is 5.72. The minimum Gasteiger partial charge on any atom is -0.365 e. The lowest BCUT2D eigenvalue weighted by Crippen LogP contribution is -2.18. The molecule has 0 amide bonds. The molecule has 0 saturated heterocycles. The van der Waals surface area contributed by atoms with Crippen LogP contribution in [0, 0.1) is 0 Å². The fraction of sp³-hybridized carbons (Fsp3) is 0.600. The van der Waals surface area contributed by atoms with Gasteiger partial charge in [0.1, 0.15) is 0 Å². The third kappa shape index (κ3) is 1.41. The Kier molecular flexibility index (Phi) is 2.18. The fourth-order valence-corrected chi connectivity index (χ4v) is 3.01. The van der Waals surface area contributed by atoms with E-state index in [2.05, 4.69) is 24.5 Å². The van der Waals surface area contributed by atoms with E-state index in [1.807, 2.05) is 18.4 Å². The van der Waals surface area contributed by atoms with Crippen molar-refractivity contribution in [2.45, 2.75) is 32.6 Å². The lowest BCUT2D eigenvalue weighted by molar-refractivity contribution is -0.00807. The molecule has 1 aliphatic rings. The molecule has 13 heavy (non-hydrogen) atoms. The number of nitrogens with one attached hydrogen (secondary N) is 1. The molecule has 1 aromatic heterocycles. The minimum atomic E-state index is -0.0818. The molecule has 2 heterocycles. The average molecular weight is 197 g/mol. The van der Waals surface area contributed by atoms with Crippen molar-refractivity contribution >= 4 is 11.3 Å². The van der Waals surface area contributed by atoms with Crippen molar-refractivity contribution in [3.05, 3.63) is 21.4 Å². The van der Waals surface area contributed by atoms with Crippen molar-refractivity contribution in [2.75, 3.05) is 7.05 Å². The van der Waals surface area contributed by atoms with Crippen LogP contribution in [-0.4, -0.2) is 7.05 Å². The molecule has 0 spiro atoms. The summed E-state index contributed by atoms with van der Waals surface area (Å²) in [5.74, 6) is 0. The first-order valence-corrected chi connectivity index (χ1v) is 5.41. The highest BCUT2D eigenvalue weighted by atomic mass is 32.1. The van der Waals surface area contributed by atoms with Gasteiger partial charge in [0.2, 0.25) is 0 Å². The summed E-state index contributed by atoms with van der Waals surface area (Å²) in [5, 5.41) is 5.43. The molecule has 0 aromatic carbocycles. The number of hydrogen-bond acceptors (Lipinski definition) is 3. The molecule has 3 heteroatoms. The second kappa shape index (κ2) is 3.08. The first kappa shape index (κ1) is 9.19. The Morgan fingerprint density at radius 3 is 3.08 bits per heavy atom. The molecule has 1 aliphatic heterocycles. The second-order valence-electron chi connectivity index (χ2n) is 3.89. The van der Waals surface area contributed by atoms with Gasteiger partial charge in [-0.2, -0.15) is 0 Å². The summed E-state index contributed by atoms with van der Waals surface area (Å²) in [6, 6.07) is 0. The van der Waals surface area contributed by atoms with E-state index in [4.69, 9.17) is 4.74 Å². The third-order valence-corrected chi connectivity index (χ3v) is 3.49. The van der Waals surface area contributed by atoms with Crippen LogP contribution in [0.3, 0.4) is 0 Å². The topological polar surface area (TPSA) is 21.3 Å². The molecule has 0 unspecified atom stereocenters. The van der Waals surface area contributed by atoms with E-state index in [0.717, 1.165) is 13.2 Å². The molecule has 2 rings (SSSR count). The smallest absolute Gasteiger partial charge is 0.0894 e. The van der Waals surface area contributed by atoms with Crippen LogP contribution < -0.4 is 5.32 Å². The molecule has 0 fully saturated rings. The summed E-state index contributed by atoms with van der Waals surface area (Å²) in [6.45, 7) is 6.02. The second-order valence-corrected chi connectivity index (χ2v) is 4.85. The van der Waals surface area contributed by atoms with Crippen LogP contribution in [0.25, 0.3) is 0 Å². The first-order chi connectivity index (χ1) is 6.15. The molecule has 0 radical (unpaired) electrons. The summed E-state index contributed by atoms with van der Waals surface area (Å²) in [4.78, 5) is 1.40. The summed E-state index contributed by atoms with van der Waals surface area (Å²) >= 11 is 1.82. The molecule has 2 nitrogen and oxygen atoms in total. The summed E-state index contributed by atoms with van der Waals surface area (Å²) in [6.07, 6.45) is 0. The molecular formula is C10H15NOS. The third-order valence-electron chi connectivity index (χ3n) is 2.48. The van der Waals surface area contributed by atoms with Crippen molar-refractivity contribution in [3.63, 3.8) is 0 Å². The molecule has 1 N–H and O–H groups in total. The van der Waals surface area contributed by atoms with Crippen molar-refractivity contribution in [1.82, 2.24) is 5.32 Å². The number of thiophene rings is 1. The van der Waals surface area contributed by atoms with Crippen LogP contribution in [0.2, 0.25) is 0 Å². The largest absolute Gasteiger partial charge is 0.365 e. The van der Waals surface area contributed by atoms with Crippen LogP contribution in [-0.2, 0) is 23.5 Å². The molecule has 0 bridgehead atoms. The summed E-state index contributed by atoms with van der Waals surface area (Å²) < 4.78 is 5.72. The van der Waals surface area contributed by atoms with E-state index in [9.17, 15) is 0 Å². The SMILES string of the molecule is CNCc1csc2c1C(C)(C)OC2. The Labute approximate surface area is 82.9 Å². The Bertz CT molecular complexity index is 317. The standard InChI is InChI=1S/C10H15NOS/c1-10(2)9-7(4-11-3)6-13-8(9)5-12-10/h6,11H,4-5H2,1-3H3. The van der Waals surface area contributed by atoms with Gasteiger partial charge in [-0.05, 0) is 31.8 Å². The monoisotopic (exact) mass is 197 g/mol. The van der Waals surface area contributed by atoms with Gasteiger partial charge in [0.05, 0.1) is 12.2 Å². The van der Waals surface area contributed by atoms with E-state index in [1.165, 1.54) is 16.0 Å². The molecule has 0 aliphatic carbocycles. The van der Waals surface area contributed by atoms with E-state index in [1.54, 1.807) is 0 Å². The minimum absolute atomic E-state index is 0.0818. The predicted octanol–water partition coefficient (Wildman–Crippen LogP) is 2.23. The predicted molar refractivity (Wildman–Crippen MR) is 54.9 cm³/mol. The van der Waals surface area contributed by atoms with Crippen LogP contribution in [0.15, 0.2) is 5.38 Å². The quantitative estimate of drug-likeness (QED) is 0.785. The molecule has 0 saturated carbocycles. The van der Waals surface area contributed by atoms with Crippen molar-refractivity contribution in [2.24, 2.45) is 0 Å². The lowest BCUT2D eigenvalue weighted by atomic mass is 9.97. The summed E-state index contributed by atoms with van der Waals surface area (Å²) in [5.41, 5.74) is 2.72. The molecule has 0 atom stereocenters. The molecule has 72 valence electrons. The Hall–Kier alpha value is -0.380. The Morgan fingerprint density at radius 1 is 1.62 bits per heavy atom. The highest BCUT2D eigenvalue weighted by Gasteiger charge is 2.34. The molecule has 1 aromatic rings. The average Bonchev–Trinajstić information content (AvgIpc) is 2.57. The Balaban J connectivity index is 2.41. The molecular weight excluding hydrogens is 182 g/mol. The normalized spacial score (nSPS) is 19.0. The van der Waals surface area contributed by atoms with E-state index < -0.39 is 0 Å². The summed E-state index contributed by atoms with van der Waals surface area (Å²) in [7, 11) is 1.98. The fourth-order valence-electron chi connectivity index (χ4n) is 1.91. The van der Waals surface area contributed by atoms with Gasteiger partial charge < -0.3 is 10.1 Å². The van der Waals surface area contributed by atoms with Gasteiger partial charge in [-0.25, -0.2) is 0 Å². The highest BCUT2D eigenvalue weighted by molar-refractivity contribution is 7.10. The highest BCUT2D eigenvalue weighted by Crippen LogP contribution is 2.41. The first-order valence-electron chi connectivity index (χ1n) is 4.53. The van der Waals surface area contributed by atoms with Crippen LogP contribution in [0.4, 0.5) is 0 Å². The lowest BCUT2D eigenvalue weighted by Gasteiger charge is -2.19. The van der Waals surface area contributed by atoms with Gasteiger partial charge in [0, 0.05) is 17.0 Å². The van der Waals surface area contributed by atoms with E-state index in [0.29, 0.717) is 0 Å². The van der Waals surface area contributed by atoms with Crippen LogP contribution >= 0.6 is 11.3 Å². The number of hydrogen-bond donors (Lipinski definition) is 1. The van der Waals surface area contributed by atoms with Crippen molar-refractivity contribution in [3.8, 4) is 0 Å². The van der Waals surface area contributed by atoms with Gasteiger partial charge in [-0.15, -0.1) is 11.3 Å². The van der Waals surface area contributed by atoms with Gasteiger partial charge in [0.15, 0.2) is 0 Å². The number of ether oxygens (including phenoxy) is 1.